The number of rotatable bonds is 11. The van der Waals surface area contributed by atoms with Gasteiger partial charge in [-0.1, -0.05) is 18.6 Å². The summed E-state index contributed by atoms with van der Waals surface area (Å²) in [4.78, 5) is 21.4. The van der Waals surface area contributed by atoms with Gasteiger partial charge in [0, 0.05) is 6.61 Å². The molecule has 1 aromatic carbocycles. The van der Waals surface area contributed by atoms with Crippen molar-refractivity contribution >= 4 is 11.9 Å². The standard InChI is InChI=1S/C16H22O6/c1-21-14-7-5-12(6-8-14)11-22-9-3-2-4-13(16(19)20)10-15(17)18/h5-8,13H,2-4,9-11H2,1H3,(H,17,18)(H,19,20). The molecule has 0 saturated heterocycles. The average Bonchev–Trinajstić information content (AvgIpc) is 2.49. The normalized spacial score (nSPS) is 11.9. The topological polar surface area (TPSA) is 93.1 Å². The summed E-state index contributed by atoms with van der Waals surface area (Å²) < 4.78 is 10.6. The van der Waals surface area contributed by atoms with Crippen molar-refractivity contribution in [2.45, 2.75) is 32.3 Å². The molecule has 0 saturated carbocycles. The van der Waals surface area contributed by atoms with Crippen LogP contribution in [0.3, 0.4) is 0 Å². The highest BCUT2D eigenvalue weighted by Gasteiger charge is 2.20. The van der Waals surface area contributed by atoms with E-state index in [2.05, 4.69) is 0 Å². The zero-order valence-electron chi connectivity index (χ0n) is 12.7. The zero-order valence-corrected chi connectivity index (χ0v) is 12.7. The van der Waals surface area contributed by atoms with Gasteiger partial charge in [0.05, 0.1) is 26.1 Å². The highest BCUT2D eigenvalue weighted by atomic mass is 16.5. The highest BCUT2D eigenvalue weighted by molar-refractivity contribution is 5.77. The summed E-state index contributed by atoms with van der Waals surface area (Å²) in [5.41, 5.74) is 1.04. The third kappa shape index (κ3) is 7.08. The summed E-state index contributed by atoms with van der Waals surface area (Å²) in [5.74, 6) is -2.16. The molecule has 1 rings (SSSR count). The van der Waals surface area contributed by atoms with Crippen LogP contribution in [0.15, 0.2) is 24.3 Å². The number of aliphatic carboxylic acids is 2. The lowest BCUT2D eigenvalue weighted by atomic mass is 9.99. The van der Waals surface area contributed by atoms with Crippen molar-refractivity contribution in [3.05, 3.63) is 29.8 Å². The minimum atomic E-state index is -1.08. The molecule has 0 aliphatic carbocycles. The number of ether oxygens (including phenoxy) is 2. The summed E-state index contributed by atoms with van der Waals surface area (Å²) in [5, 5.41) is 17.6. The Balaban J connectivity index is 2.16. The van der Waals surface area contributed by atoms with Gasteiger partial charge in [0.2, 0.25) is 0 Å². The maximum absolute atomic E-state index is 10.9. The smallest absolute Gasteiger partial charge is 0.307 e. The second-order valence-corrected chi connectivity index (χ2v) is 5.03. The molecule has 0 fully saturated rings. The summed E-state index contributed by atoms with van der Waals surface area (Å²) in [7, 11) is 1.61. The molecule has 1 unspecified atom stereocenters. The van der Waals surface area contributed by atoms with Gasteiger partial charge in [0.25, 0.3) is 0 Å². The van der Waals surface area contributed by atoms with Crippen LogP contribution >= 0.6 is 0 Å². The largest absolute Gasteiger partial charge is 0.497 e. The van der Waals surface area contributed by atoms with Gasteiger partial charge < -0.3 is 19.7 Å². The quantitative estimate of drug-likeness (QED) is 0.610. The maximum Gasteiger partial charge on any atom is 0.307 e. The third-order valence-electron chi connectivity index (χ3n) is 3.29. The van der Waals surface area contributed by atoms with E-state index < -0.39 is 17.9 Å². The molecule has 122 valence electrons. The van der Waals surface area contributed by atoms with Crippen molar-refractivity contribution in [1.29, 1.82) is 0 Å². The molecule has 6 heteroatoms. The lowest BCUT2D eigenvalue weighted by molar-refractivity contribution is -0.148. The van der Waals surface area contributed by atoms with E-state index in [0.717, 1.165) is 11.3 Å². The summed E-state index contributed by atoms with van der Waals surface area (Å²) in [6.45, 7) is 1.01. The van der Waals surface area contributed by atoms with Gasteiger partial charge in [-0.2, -0.15) is 0 Å². The molecule has 0 aliphatic heterocycles. The minimum absolute atomic E-state index is 0.331. The molecule has 0 aliphatic rings. The molecular formula is C16H22O6. The Labute approximate surface area is 129 Å². The Morgan fingerprint density at radius 2 is 1.82 bits per heavy atom. The number of carbonyl (C=O) groups is 2. The maximum atomic E-state index is 10.9. The molecule has 1 aromatic rings. The van der Waals surface area contributed by atoms with Crippen LogP contribution in [0.5, 0.6) is 5.75 Å². The van der Waals surface area contributed by atoms with E-state index in [0.29, 0.717) is 32.5 Å². The molecule has 0 bridgehead atoms. The first-order valence-corrected chi connectivity index (χ1v) is 7.18. The summed E-state index contributed by atoms with van der Waals surface area (Å²) >= 11 is 0. The average molecular weight is 310 g/mol. The van der Waals surface area contributed by atoms with Crippen molar-refractivity contribution in [1.82, 2.24) is 0 Å². The molecule has 22 heavy (non-hydrogen) atoms. The Kier molecular flexibility index (Phi) is 7.99. The fraction of sp³-hybridized carbons (Fsp3) is 0.500. The van der Waals surface area contributed by atoms with E-state index in [1.165, 1.54) is 0 Å². The number of unbranched alkanes of at least 4 members (excludes halogenated alkanes) is 1. The molecule has 0 spiro atoms. The predicted octanol–water partition coefficient (Wildman–Crippen LogP) is 2.56. The monoisotopic (exact) mass is 310 g/mol. The van der Waals surface area contributed by atoms with E-state index in [4.69, 9.17) is 19.7 Å². The van der Waals surface area contributed by atoms with Gasteiger partial charge in [-0.15, -0.1) is 0 Å². The van der Waals surface area contributed by atoms with Gasteiger partial charge in [-0.3, -0.25) is 9.59 Å². The molecule has 2 N–H and O–H groups in total. The zero-order chi connectivity index (χ0) is 16.4. The van der Waals surface area contributed by atoms with Crippen LogP contribution in [-0.2, 0) is 20.9 Å². The molecule has 1 atom stereocenters. The van der Waals surface area contributed by atoms with Crippen molar-refractivity contribution in [2.24, 2.45) is 5.92 Å². The fourth-order valence-electron chi connectivity index (χ4n) is 2.03. The van der Waals surface area contributed by atoms with E-state index >= 15 is 0 Å². The van der Waals surface area contributed by atoms with Gasteiger partial charge in [-0.25, -0.2) is 0 Å². The second-order valence-electron chi connectivity index (χ2n) is 5.03. The fourth-order valence-corrected chi connectivity index (χ4v) is 2.03. The first-order chi connectivity index (χ1) is 10.5. The third-order valence-corrected chi connectivity index (χ3v) is 3.29. The van der Waals surface area contributed by atoms with Gasteiger partial charge in [-0.05, 0) is 30.5 Å². The van der Waals surface area contributed by atoms with Crippen LogP contribution in [0.2, 0.25) is 0 Å². The SMILES string of the molecule is COc1ccc(COCCCCC(CC(=O)O)C(=O)O)cc1. The lowest BCUT2D eigenvalue weighted by Crippen LogP contribution is -2.17. The number of hydrogen-bond donors (Lipinski definition) is 2. The minimum Gasteiger partial charge on any atom is -0.497 e. The van der Waals surface area contributed by atoms with Crippen LogP contribution in [0.4, 0.5) is 0 Å². The lowest BCUT2D eigenvalue weighted by Gasteiger charge is -2.09. The summed E-state index contributed by atoms with van der Waals surface area (Å²) in [6.07, 6.45) is 1.36. The highest BCUT2D eigenvalue weighted by Crippen LogP contribution is 2.14. The van der Waals surface area contributed by atoms with Crippen molar-refractivity contribution in [2.75, 3.05) is 13.7 Å². The first kappa shape index (κ1) is 18.0. The molecule has 6 nitrogen and oxygen atoms in total. The Morgan fingerprint density at radius 3 is 2.36 bits per heavy atom. The predicted molar refractivity (Wildman–Crippen MR) is 79.9 cm³/mol. The van der Waals surface area contributed by atoms with Gasteiger partial charge in [0.1, 0.15) is 5.75 Å². The Hall–Kier alpha value is -2.08. The van der Waals surface area contributed by atoms with Crippen molar-refractivity contribution in [3.63, 3.8) is 0 Å². The molecular weight excluding hydrogens is 288 g/mol. The van der Waals surface area contributed by atoms with E-state index in [-0.39, 0.29) is 6.42 Å². The number of carboxylic acid groups (broad SMARTS) is 2. The van der Waals surface area contributed by atoms with E-state index in [9.17, 15) is 9.59 Å². The van der Waals surface area contributed by atoms with Gasteiger partial charge in [0.15, 0.2) is 0 Å². The molecule has 0 radical (unpaired) electrons. The number of benzene rings is 1. The van der Waals surface area contributed by atoms with E-state index in [1.54, 1.807) is 7.11 Å². The molecule has 0 amide bonds. The van der Waals surface area contributed by atoms with Crippen LogP contribution < -0.4 is 4.74 Å². The van der Waals surface area contributed by atoms with Crippen LogP contribution in [0.25, 0.3) is 0 Å². The number of hydrogen-bond acceptors (Lipinski definition) is 4. The number of methoxy groups -OCH3 is 1. The van der Waals surface area contributed by atoms with Crippen molar-refractivity contribution in [3.8, 4) is 5.75 Å². The van der Waals surface area contributed by atoms with Crippen LogP contribution in [-0.4, -0.2) is 35.9 Å². The molecule has 0 heterocycles. The molecule has 0 aromatic heterocycles. The van der Waals surface area contributed by atoms with E-state index in [1.807, 2.05) is 24.3 Å². The Bertz CT molecular complexity index is 468. The number of carboxylic acids is 2. The van der Waals surface area contributed by atoms with Crippen LogP contribution in [0.1, 0.15) is 31.2 Å². The van der Waals surface area contributed by atoms with Crippen LogP contribution in [0, 0.1) is 5.92 Å². The first-order valence-electron chi connectivity index (χ1n) is 7.18. The Morgan fingerprint density at radius 1 is 1.14 bits per heavy atom. The second kappa shape index (κ2) is 9.78. The van der Waals surface area contributed by atoms with Gasteiger partial charge >= 0.3 is 11.9 Å². The summed E-state index contributed by atoms with van der Waals surface area (Å²) in [6, 6.07) is 7.57. The van der Waals surface area contributed by atoms with Crippen molar-refractivity contribution < 1.29 is 29.3 Å².